The summed E-state index contributed by atoms with van der Waals surface area (Å²) in [5.41, 5.74) is 1.13. The van der Waals surface area contributed by atoms with Crippen molar-refractivity contribution in [1.29, 1.82) is 0 Å². The first-order valence-electron chi connectivity index (χ1n) is 8.81. The van der Waals surface area contributed by atoms with Crippen LogP contribution in [0.1, 0.15) is 37.6 Å². The second-order valence-electron chi connectivity index (χ2n) is 5.57. The number of amides is 1. The summed E-state index contributed by atoms with van der Waals surface area (Å²) in [6.07, 6.45) is 0.821. The minimum atomic E-state index is -0.575. The van der Waals surface area contributed by atoms with Crippen LogP contribution in [0.3, 0.4) is 0 Å². The van der Waals surface area contributed by atoms with E-state index in [1.54, 1.807) is 12.1 Å². The summed E-state index contributed by atoms with van der Waals surface area (Å²) >= 11 is 6.12. The Morgan fingerprint density at radius 2 is 1.85 bits per heavy atom. The maximum Gasteiger partial charge on any atom is 0.336 e. The van der Waals surface area contributed by atoms with Crippen molar-refractivity contribution in [1.82, 2.24) is 5.32 Å². The molecule has 0 aliphatic rings. The van der Waals surface area contributed by atoms with Crippen molar-refractivity contribution in [2.75, 3.05) is 6.54 Å². The number of fused-ring (bicyclic) bond motifs is 1. The largest absolute Gasteiger partial charge is 0.423 e. The molecule has 0 fully saturated rings. The molecule has 0 atom stereocenters. The summed E-state index contributed by atoms with van der Waals surface area (Å²) in [4.78, 5) is 24.0. The second-order valence-corrected chi connectivity index (χ2v) is 5.98. The van der Waals surface area contributed by atoms with Crippen LogP contribution in [0.15, 0.2) is 51.7 Å². The molecule has 3 aromatic rings. The molecule has 0 radical (unpaired) electrons. The van der Waals surface area contributed by atoms with Crippen LogP contribution in [-0.2, 0) is 0 Å². The summed E-state index contributed by atoms with van der Waals surface area (Å²) in [6, 6.07) is 10.1. The normalized spacial score (nSPS) is 10.3. The highest BCUT2D eigenvalue weighted by molar-refractivity contribution is 6.33. The summed E-state index contributed by atoms with van der Waals surface area (Å²) in [6.45, 7) is 6.52. The molecule has 142 valence electrons. The van der Waals surface area contributed by atoms with Gasteiger partial charge >= 0.3 is 5.63 Å². The Bertz CT molecular complexity index is 1010. The van der Waals surface area contributed by atoms with Gasteiger partial charge in [-0.2, -0.15) is 0 Å². The van der Waals surface area contributed by atoms with Crippen LogP contribution in [0.25, 0.3) is 22.1 Å². The standard InChI is InChI=1S/C19H15ClFNO3.C2H6/c1-2-7-22-19(24)11-3-5-14-15(10-18(23)25-17(14)8-11)13-6-4-12(21)9-16(13)20;1-2/h3-6,8-10H,2,7H2,1H3,(H,22,24);1-2H3. The van der Waals surface area contributed by atoms with E-state index in [9.17, 15) is 14.0 Å². The van der Waals surface area contributed by atoms with Crippen molar-refractivity contribution in [2.45, 2.75) is 27.2 Å². The average molecular weight is 390 g/mol. The third-order valence-electron chi connectivity index (χ3n) is 3.76. The van der Waals surface area contributed by atoms with Gasteiger partial charge in [0.05, 0.1) is 5.02 Å². The van der Waals surface area contributed by atoms with Crippen molar-refractivity contribution in [3.8, 4) is 11.1 Å². The van der Waals surface area contributed by atoms with Gasteiger partial charge in [-0.1, -0.05) is 32.4 Å². The van der Waals surface area contributed by atoms with E-state index in [-0.39, 0.29) is 16.5 Å². The van der Waals surface area contributed by atoms with Crippen LogP contribution in [-0.4, -0.2) is 12.5 Å². The lowest BCUT2D eigenvalue weighted by atomic mass is 10.0. The third kappa shape index (κ3) is 4.74. The zero-order valence-corrected chi connectivity index (χ0v) is 16.2. The van der Waals surface area contributed by atoms with Gasteiger partial charge in [-0.25, -0.2) is 9.18 Å². The van der Waals surface area contributed by atoms with Gasteiger partial charge in [0.15, 0.2) is 0 Å². The predicted octanol–water partition coefficient (Wildman–Crippen LogP) is 5.42. The Kier molecular flexibility index (Phi) is 7.13. The Hall–Kier alpha value is -2.66. The van der Waals surface area contributed by atoms with Gasteiger partial charge in [-0.05, 0) is 42.8 Å². The van der Waals surface area contributed by atoms with E-state index in [0.717, 1.165) is 6.42 Å². The van der Waals surface area contributed by atoms with Gasteiger partial charge in [-0.3, -0.25) is 4.79 Å². The van der Waals surface area contributed by atoms with E-state index in [2.05, 4.69) is 5.32 Å². The molecular weight excluding hydrogens is 369 g/mol. The fourth-order valence-corrected chi connectivity index (χ4v) is 2.84. The Morgan fingerprint density at radius 3 is 2.52 bits per heavy atom. The van der Waals surface area contributed by atoms with Crippen molar-refractivity contribution < 1.29 is 13.6 Å². The molecule has 3 rings (SSSR count). The number of benzene rings is 2. The molecule has 6 heteroatoms. The monoisotopic (exact) mass is 389 g/mol. The quantitative estimate of drug-likeness (QED) is 0.606. The van der Waals surface area contributed by atoms with Crippen molar-refractivity contribution >= 4 is 28.5 Å². The predicted molar refractivity (Wildman–Crippen MR) is 107 cm³/mol. The summed E-state index contributed by atoms with van der Waals surface area (Å²) in [7, 11) is 0. The van der Waals surface area contributed by atoms with Gasteiger partial charge < -0.3 is 9.73 Å². The lowest BCUT2D eigenvalue weighted by molar-refractivity contribution is 0.0953. The van der Waals surface area contributed by atoms with Gasteiger partial charge in [0, 0.05) is 34.7 Å². The highest BCUT2D eigenvalue weighted by Crippen LogP contribution is 2.33. The molecule has 1 amide bonds. The van der Waals surface area contributed by atoms with Crippen molar-refractivity contribution in [3.05, 3.63) is 69.3 Å². The number of carbonyl (C=O) groups excluding carboxylic acids is 1. The third-order valence-corrected chi connectivity index (χ3v) is 4.08. The molecule has 1 heterocycles. The smallest absolute Gasteiger partial charge is 0.336 e. The molecule has 27 heavy (non-hydrogen) atoms. The fourth-order valence-electron chi connectivity index (χ4n) is 2.58. The van der Waals surface area contributed by atoms with E-state index in [1.807, 2.05) is 20.8 Å². The number of rotatable bonds is 4. The van der Waals surface area contributed by atoms with Gasteiger partial charge in [0.25, 0.3) is 5.91 Å². The zero-order chi connectivity index (χ0) is 20.0. The first kappa shape index (κ1) is 20.6. The molecule has 1 N–H and O–H groups in total. The molecule has 0 saturated heterocycles. The number of nitrogens with one attached hydrogen (secondary N) is 1. The molecule has 0 bridgehead atoms. The van der Waals surface area contributed by atoms with Gasteiger partial charge in [0.1, 0.15) is 11.4 Å². The summed E-state index contributed by atoms with van der Waals surface area (Å²) < 4.78 is 18.5. The van der Waals surface area contributed by atoms with E-state index in [4.69, 9.17) is 16.0 Å². The van der Waals surface area contributed by atoms with Crippen molar-refractivity contribution in [3.63, 3.8) is 0 Å². The number of carbonyl (C=O) groups is 1. The second kappa shape index (κ2) is 9.33. The lowest BCUT2D eigenvalue weighted by Gasteiger charge is -2.09. The maximum absolute atomic E-state index is 13.3. The highest BCUT2D eigenvalue weighted by atomic mass is 35.5. The molecule has 1 aromatic heterocycles. The Morgan fingerprint density at radius 1 is 1.11 bits per heavy atom. The number of hydrogen-bond donors (Lipinski definition) is 1. The SMILES string of the molecule is CC.CCCNC(=O)c1ccc2c(-c3ccc(F)cc3Cl)cc(=O)oc2c1. The minimum absolute atomic E-state index is 0.191. The Balaban J connectivity index is 0.00000126. The van der Waals surface area contributed by atoms with Crippen LogP contribution >= 0.6 is 11.6 Å². The first-order valence-corrected chi connectivity index (χ1v) is 9.19. The molecule has 0 unspecified atom stereocenters. The van der Waals surface area contributed by atoms with E-state index in [0.29, 0.717) is 28.6 Å². The molecule has 0 saturated carbocycles. The highest BCUT2D eigenvalue weighted by Gasteiger charge is 2.14. The molecular formula is C21H21ClFNO3. The van der Waals surface area contributed by atoms with Gasteiger partial charge in [-0.15, -0.1) is 0 Å². The van der Waals surface area contributed by atoms with Crippen molar-refractivity contribution in [2.24, 2.45) is 0 Å². The van der Waals surface area contributed by atoms with E-state index < -0.39 is 11.4 Å². The van der Waals surface area contributed by atoms with Crippen LogP contribution in [0.2, 0.25) is 5.02 Å². The molecule has 0 aliphatic heterocycles. The first-order chi connectivity index (χ1) is 13.0. The lowest BCUT2D eigenvalue weighted by Crippen LogP contribution is -2.23. The Labute approximate surface area is 162 Å². The number of halogens is 2. The summed E-state index contributed by atoms with van der Waals surface area (Å²) in [5, 5.41) is 3.57. The maximum atomic E-state index is 13.3. The molecule has 2 aromatic carbocycles. The fraction of sp³-hybridized carbons (Fsp3) is 0.238. The van der Waals surface area contributed by atoms with Crippen LogP contribution < -0.4 is 10.9 Å². The zero-order valence-electron chi connectivity index (χ0n) is 15.4. The van der Waals surface area contributed by atoms with Crippen LogP contribution in [0.4, 0.5) is 4.39 Å². The van der Waals surface area contributed by atoms with Crippen LogP contribution in [0.5, 0.6) is 0 Å². The molecule has 0 spiro atoms. The van der Waals surface area contributed by atoms with Crippen LogP contribution in [0, 0.1) is 5.82 Å². The molecule has 4 nitrogen and oxygen atoms in total. The van der Waals surface area contributed by atoms with Gasteiger partial charge in [0.2, 0.25) is 0 Å². The molecule has 0 aliphatic carbocycles. The minimum Gasteiger partial charge on any atom is -0.423 e. The van der Waals surface area contributed by atoms with E-state index >= 15 is 0 Å². The average Bonchev–Trinajstić information content (AvgIpc) is 2.66. The summed E-state index contributed by atoms with van der Waals surface area (Å²) in [5.74, 6) is -0.701. The topological polar surface area (TPSA) is 59.3 Å². The van der Waals surface area contributed by atoms with E-state index in [1.165, 1.54) is 30.3 Å². The number of hydrogen-bond acceptors (Lipinski definition) is 3.